The molecule has 7 heteroatoms. The van der Waals surface area contributed by atoms with Crippen LogP contribution in [-0.4, -0.2) is 30.9 Å². The number of methoxy groups -OCH3 is 1. The highest BCUT2D eigenvalue weighted by Crippen LogP contribution is 2.65. The van der Waals surface area contributed by atoms with Gasteiger partial charge in [0.2, 0.25) is 11.8 Å². The van der Waals surface area contributed by atoms with E-state index in [1.807, 2.05) is 0 Å². The van der Waals surface area contributed by atoms with Crippen LogP contribution in [0.15, 0.2) is 60.7 Å². The number of anilines is 1. The lowest BCUT2D eigenvalue weighted by atomic mass is 9.63. The molecule has 33 heavy (non-hydrogen) atoms. The molecule has 2 amide bonds. The summed E-state index contributed by atoms with van der Waals surface area (Å²) in [5.41, 5.74) is 1.12. The molecule has 1 saturated heterocycles. The number of allylic oxidation sites excluding steroid dienone is 2. The molecule has 4 aliphatic carbocycles. The second-order valence-corrected chi connectivity index (χ2v) is 9.12. The van der Waals surface area contributed by atoms with Gasteiger partial charge in [-0.2, -0.15) is 0 Å². The number of hydrogen-bond acceptors (Lipinski definition) is 6. The fourth-order valence-corrected chi connectivity index (χ4v) is 5.90. The maximum Gasteiger partial charge on any atom is 0.343 e. The summed E-state index contributed by atoms with van der Waals surface area (Å²) in [6, 6.07) is 12.4. The predicted molar refractivity (Wildman–Crippen MR) is 116 cm³/mol. The topological polar surface area (TPSA) is 90.0 Å². The SMILES string of the molecule is COC(=O)c1ccc(OC(=O)c2ccc(N3C(=O)[C@@H]4[C@H]5C=C[C@@H]([C@@H]6C[C@@H]56)[C@@H]4C3=O)cc2)cc1. The smallest absolute Gasteiger partial charge is 0.343 e. The Labute approximate surface area is 190 Å². The van der Waals surface area contributed by atoms with Crippen LogP contribution in [0, 0.1) is 35.5 Å². The molecular formula is C26H21NO6. The molecule has 0 unspecified atom stereocenters. The Kier molecular flexibility index (Phi) is 4.30. The maximum atomic E-state index is 13.2. The first-order valence-electron chi connectivity index (χ1n) is 11.0. The Morgan fingerprint density at radius 3 is 1.85 bits per heavy atom. The standard InChI is InChI=1S/C26H21NO6/c1-32-25(30)13-4-8-16(9-5-13)33-26(31)14-2-6-15(7-3-14)27-23(28)21-17-10-11-18(20-12-19(17)20)22(21)24(27)29/h2-11,17-22H,12H2,1H3/t17-,18-,19-,20-,21-,22+/m0/s1. The van der Waals surface area contributed by atoms with Crippen molar-refractivity contribution in [3.05, 3.63) is 71.8 Å². The van der Waals surface area contributed by atoms with Gasteiger partial charge in [-0.1, -0.05) is 12.2 Å². The normalized spacial score (nSPS) is 30.6. The average Bonchev–Trinajstić information content (AvgIpc) is 3.62. The second kappa shape index (κ2) is 7.13. The van der Waals surface area contributed by atoms with Crippen LogP contribution in [-0.2, 0) is 14.3 Å². The lowest BCUT2D eigenvalue weighted by molar-refractivity contribution is -0.124. The van der Waals surface area contributed by atoms with E-state index in [1.165, 1.54) is 36.3 Å². The van der Waals surface area contributed by atoms with Crippen LogP contribution < -0.4 is 9.64 Å². The minimum Gasteiger partial charge on any atom is -0.465 e. The number of imide groups is 1. The zero-order valence-corrected chi connectivity index (χ0v) is 17.8. The first kappa shape index (κ1) is 19.9. The number of carbonyl (C=O) groups excluding carboxylic acids is 4. The van der Waals surface area contributed by atoms with Gasteiger partial charge in [0, 0.05) is 0 Å². The Morgan fingerprint density at radius 1 is 0.788 bits per heavy atom. The van der Waals surface area contributed by atoms with Crippen LogP contribution in [0.5, 0.6) is 5.75 Å². The van der Waals surface area contributed by atoms with E-state index in [-0.39, 0.29) is 46.8 Å². The molecule has 1 heterocycles. The van der Waals surface area contributed by atoms with Crippen molar-refractivity contribution in [2.45, 2.75) is 6.42 Å². The fourth-order valence-electron chi connectivity index (χ4n) is 5.90. The number of rotatable bonds is 4. The first-order chi connectivity index (χ1) is 16.0. The van der Waals surface area contributed by atoms with Crippen molar-refractivity contribution in [3.63, 3.8) is 0 Å². The van der Waals surface area contributed by atoms with E-state index in [4.69, 9.17) is 4.74 Å². The van der Waals surface area contributed by atoms with Gasteiger partial charge in [0.05, 0.1) is 35.8 Å². The van der Waals surface area contributed by atoms with Gasteiger partial charge in [0.25, 0.3) is 0 Å². The summed E-state index contributed by atoms with van der Waals surface area (Å²) < 4.78 is 10.0. The molecule has 2 aromatic carbocycles. The third-order valence-corrected chi connectivity index (χ3v) is 7.51. The van der Waals surface area contributed by atoms with Crippen LogP contribution in [0.1, 0.15) is 27.1 Å². The first-order valence-corrected chi connectivity index (χ1v) is 11.0. The van der Waals surface area contributed by atoms with E-state index in [0.29, 0.717) is 23.1 Å². The highest BCUT2D eigenvalue weighted by atomic mass is 16.5. The number of carbonyl (C=O) groups is 4. The molecular weight excluding hydrogens is 422 g/mol. The Hall–Kier alpha value is -3.74. The average molecular weight is 443 g/mol. The molecule has 166 valence electrons. The zero-order valence-electron chi connectivity index (χ0n) is 17.8. The molecule has 0 aromatic heterocycles. The summed E-state index contributed by atoms with van der Waals surface area (Å²) in [4.78, 5) is 51.7. The van der Waals surface area contributed by atoms with Gasteiger partial charge in [0.1, 0.15) is 5.75 Å². The molecule has 3 fully saturated rings. The highest BCUT2D eigenvalue weighted by Gasteiger charge is 2.67. The molecule has 2 saturated carbocycles. The second-order valence-electron chi connectivity index (χ2n) is 9.12. The van der Waals surface area contributed by atoms with Crippen molar-refractivity contribution in [1.82, 2.24) is 0 Å². The minimum atomic E-state index is -0.581. The molecule has 0 N–H and O–H groups in total. The molecule has 0 spiro atoms. The van der Waals surface area contributed by atoms with Gasteiger partial charge in [-0.3, -0.25) is 14.5 Å². The number of esters is 2. The van der Waals surface area contributed by atoms with Gasteiger partial charge >= 0.3 is 11.9 Å². The summed E-state index contributed by atoms with van der Waals surface area (Å²) in [7, 11) is 1.29. The maximum absolute atomic E-state index is 13.2. The van der Waals surface area contributed by atoms with Gasteiger partial charge in [0.15, 0.2) is 0 Å². The Bertz CT molecular complexity index is 1180. The molecule has 1 aliphatic heterocycles. The van der Waals surface area contributed by atoms with Crippen molar-refractivity contribution in [1.29, 1.82) is 0 Å². The molecule has 7 nitrogen and oxygen atoms in total. The molecule has 2 aromatic rings. The number of hydrogen-bond donors (Lipinski definition) is 0. The van der Waals surface area contributed by atoms with Crippen LogP contribution in [0.3, 0.4) is 0 Å². The van der Waals surface area contributed by atoms with Gasteiger partial charge in [-0.05, 0) is 78.6 Å². The van der Waals surface area contributed by atoms with Crippen molar-refractivity contribution in [3.8, 4) is 5.75 Å². The summed E-state index contributed by atoms with van der Waals surface area (Å²) >= 11 is 0. The van der Waals surface area contributed by atoms with E-state index in [0.717, 1.165) is 6.42 Å². The van der Waals surface area contributed by atoms with E-state index in [1.54, 1.807) is 24.3 Å². The third kappa shape index (κ3) is 2.95. The van der Waals surface area contributed by atoms with Crippen molar-refractivity contribution < 1.29 is 28.7 Å². The number of amides is 2. The zero-order chi connectivity index (χ0) is 22.9. The number of benzene rings is 2. The third-order valence-electron chi connectivity index (χ3n) is 7.51. The van der Waals surface area contributed by atoms with Crippen molar-refractivity contribution in [2.24, 2.45) is 35.5 Å². The minimum absolute atomic E-state index is 0.129. The van der Waals surface area contributed by atoms with Crippen LogP contribution in [0.2, 0.25) is 0 Å². The van der Waals surface area contributed by atoms with Crippen molar-refractivity contribution in [2.75, 3.05) is 12.0 Å². The molecule has 6 atom stereocenters. The number of ether oxygens (including phenoxy) is 2. The van der Waals surface area contributed by atoms with E-state index >= 15 is 0 Å². The summed E-state index contributed by atoms with van der Waals surface area (Å²) in [5.74, 6) is -0.0925. The fraction of sp³-hybridized carbons (Fsp3) is 0.308. The summed E-state index contributed by atoms with van der Waals surface area (Å²) in [5, 5.41) is 0. The monoisotopic (exact) mass is 443 g/mol. The molecule has 0 radical (unpaired) electrons. The summed E-state index contributed by atoms with van der Waals surface area (Å²) in [6.45, 7) is 0. The summed E-state index contributed by atoms with van der Waals surface area (Å²) in [6.07, 6.45) is 5.41. The Morgan fingerprint density at radius 2 is 1.30 bits per heavy atom. The molecule has 5 aliphatic rings. The highest BCUT2D eigenvalue weighted by molar-refractivity contribution is 6.22. The van der Waals surface area contributed by atoms with Crippen LogP contribution in [0.4, 0.5) is 5.69 Å². The predicted octanol–water partition coefficient (Wildman–Crippen LogP) is 3.25. The Balaban J connectivity index is 1.18. The lowest BCUT2D eigenvalue weighted by Crippen LogP contribution is -2.40. The molecule has 2 bridgehead atoms. The quantitative estimate of drug-likeness (QED) is 0.312. The van der Waals surface area contributed by atoms with Gasteiger partial charge in [-0.15, -0.1) is 0 Å². The van der Waals surface area contributed by atoms with Crippen molar-refractivity contribution >= 4 is 29.4 Å². The van der Waals surface area contributed by atoms with Crippen LogP contribution in [0.25, 0.3) is 0 Å². The largest absolute Gasteiger partial charge is 0.465 e. The van der Waals surface area contributed by atoms with E-state index in [9.17, 15) is 19.2 Å². The van der Waals surface area contributed by atoms with Gasteiger partial charge in [-0.25, -0.2) is 9.59 Å². The van der Waals surface area contributed by atoms with Crippen LogP contribution >= 0.6 is 0 Å². The van der Waals surface area contributed by atoms with E-state index in [2.05, 4.69) is 16.9 Å². The lowest BCUT2D eigenvalue weighted by Gasteiger charge is -2.37. The van der Waals surface area contributed by atoms with E-state index < -0.39 is 11.9 Å². The number of nitrogens with zero attached hydrogens (tertiary/aromatic N) is 1. The molecule has 7 rings (SSSR count). The van der Waals surface area contributed by atoms with Gasteiger partial charge < -0.3 is 9.47 Å².